The van der Waals surface area contributed by atoms with E-state index in [-0.39, 0.29) is 177 Å². The Kier molecular flexibility index (Phi) is 35.6. The van der Waals surface area contributed by atoms with Gasteiger partial charge in [0.1, 0.15) is 47.9 Å². The maximum Gasteiger partial charge on any atom is 0.317 e. The average Bonchev–Trinajstić information content (AvgIpc) is 1.50. The van der Waals surface area contributed by atoms with Gasteiger partial charge in [-0.15, -0.1) is 0 Å². The van der Waals surface area contributed by atoms with Gasteiger partial charge in [0.2, 0.25) is 70.9 Å². The van der Waals surface area contributed by atoms with Crippen molar-refractivity contribution in [1.82, 2.24) is 87.7 Å². The predicted octanol–water partition coefficient (Wildman–Crippen LogP) is -0.695. The molecular weight excluding hydrogens is 1610 g/mol. The van der Waals surface area contributed by atoms with Crippen LogP contribution in [0.3, 0.4) is 0 Å². The molecule has 4 saturated carbocycles. The number of imidazole rings is 1. The van der Waals surface area contributed by atoms with Crippen molar-refractivity contribution in [2.24, 2.45) is 64.2 Å². The number of amides is 12. The van der Waals surface area contributed by atoms with Gasteiger partial charge in [0.15, 0.2) is 0 Å². The number of aromatic nitrogens is 3. The molecule has 680 valence electrons. The maximum atomic E-state index is 14.7. The van der Waals surface area contributed by atoms with Crippen LogP contribution in [0.5, 0.6) is 0 Å². The third kappa shape index (κ3) is 27.6. The van der Waals surface area contributed by atoms with Crippen LogP contribution in [-0.4, -0.2) is 302 Å². The Morgan fingerprint density at radius 3 is 1.76 bits per heavy atom. The lowest BCUT2D eigenvalue weighted by Crippen LogP contribution is -2.59. The van der Waals surface area contributed by atoms with E-state index in [4.69, 9.17) is 16.2 Å². The van der Waals surface area contributed by atoms with Crippen molar-refractivity contribution in [2.45, 2.75) is 211 Å². The molecule has 2 aromatic heterocycles. The van der Waals surface area contributed by atoms with Crippen molar-refractivity contribution < 1.29 is 92.0 Å². The number of para-hydroxylation sites is 1. The first kappa shape index (κ1) is 97.0. The van der Waals surface area contributed by atoms with Gasteiger partial charge in [-0.3, -0.25) is 91.5 Å². The van der Waals surface area contributed by atoms with E-state index in [1.165, 1.54) is 31.2 Å². The molecule has 6 aliphatic rings. The monoisotopic (exact) mass is 1740 g/mol. The van der Waals surface area contributed by atoms with Crippen molar-refractivity contribution in [3.05, 3.63) is 54.2 Å². The Morgan fingerprint density at radius 2 is 1.16 bits per heavy atom. The summed E-state index contributed by atoms with van der Waals surface area (Å²) in [5, 5.41) is 57.0. The fourth-order valence-electron chi connectivity index (χ4n) is 19.4. The number of nitrogens with zero attached hydrogens (tertiary/aromatic N) is 5. The van der Waals surface area contributed by atoms with Gasteiger partial charge in [0.25, 0.3) is 0 Å². The summed E-state index contributed by atoms with van der Waals surface area (Å²) >= 11 is 1.46. The fraction of sp³-hybridized carbons (Fsp3) is 0.690. The number of rotatable bonds is 44. The molecule has 1 spiro atoms. The third-order valence-electron chi connectivity index (χ3n) is 25.9. The minimum absolute atomic E-state index is 0.00979. The lowest BCUT2D eigenvalue weighted by Gasteiger charge is -2.58. The summed E-state index contributed by atoms with van der Waals surface area (Å²) in [6, 6.07) is -1.52. The Bertz CT molecular complexity index is 4180. The second-order valence-electron chi connectivity index (χ2n) is 35.4. The predicted molar refractivity (Wildman–Crippen MR) is 454 cm³/mol. The van der Waals surface area contributed by atoms with Crippen LogP contribution in [0.25, 0.3) is 10.9 Å². The number of primary amides is 2. The van der Waals surface area contributed by atoms with Crippen LogP contribution in [0.2, 0.25) is 0 Å². The topological polar surface area (TPSA) is 559 Å². The lowest BCUT2D eigenvalue weighted by molar-refractivity contribution is -0.140. The molecular formula is C84H129N19O19S. The molecule has 4 aliphatic carbocycles. The van der Waals surface area contributed by atoms with Crippen LogP contribution in [0.1, 0.15) is 150 Å². The minimum atomic E-state index is -1.38. The van der Waals surface area contributed by atoms with Gasteiger partial charge < -0.3 is 94.7 Å². The van der Waals surface area contributed by atoms with Gasteiger partial charge in [0.05, 0.1) is 51.7 Å². The molecule has 2 aliphatic heterocycles. The van der Waals surface area contributed by atoms with Crippen LogP contribution < -0.4 is 64.6 Å². The number of carbonyl (C=O) groups is 15. The number of benzene rings is 1. The number of ether oxygens (including phenoxy) is 1. The first-order valence-electron chi connectivity index (χ1n) is 43.2. The normalized spacial score (nSPS) is 24.5. The number of epoxide rings is 1. The zero-order valence-corrected chi connectivity index (χ0v) is 72.8. The molecule has 2 saturated heterocycles. The summed E-state index contributed by atoms with van der Waals surface area (Å²) in [6.07, 6.45) is 14.0. The highest BCUT2D eigenvalue weighted by molar-refractivity contribution is 7.98. The van der Waals surface area contributed by atoms with E-state index in [9.17, 15) is 87.2 Å². The van der Waals surface area contributed by atoms with Gasteiger partial charge in [-0.1, -0.05) is 59.7 Å². The van der Waals surface area contributed by atoms with E-state index in [1.54, 1.807) is 39.6 Å². The van der Waals surface area contributed by atoms with Gasteiger partial charge in [-0.2, -0.15) is 11.8 Å². The van der Waals surface area contributed by atoms with Gasteiger partial charge in [-0.25, -0.2) is 4.98 Å². The second-order valence-corrected chi connectivity index (χ2v) is 36.4. The zero-order chi connectivity index (χ0) is 89.6. The van der Waals surface area contributed by atoms with Gasteiger partial charge in [0, 0.05) is 113 Å². The summed E-state index contributed by atoms with van der Waals surface area (Å²) < 4.78 is 6.95. The van der Waals surface area contributed by atoms with E-state index in [0.29, 0.717) is 47.1 Å². The minimum Gasteiger partial charge on any atom is -0.480 e. The molecule has 4 heterocycles. The third-order valence-corrected chi connectivity index (χ3v) is 26.5. The zero-order valence-electron chi connectivity index (χ0n) is 71.9. The fourth-order valence-corrected chi connectivity index (χ4v) is 19.9. The second kappa shape index (κ2) is 45.2. The number of carbonyl (C=O) groups excluding carboxylic acids is 12. The Labute approximate surface area is 721 Å². The molecule has 19 N–H and O–H groups in total. The molecule has 3 aromatic rings. The molecule has 123 heavy (non-hydrogen) atoms. The standard InChI is InChI=1S/C84H129N19O19S/c1-47(2)33-63(80(119)96-61(76(86)115)22-32-123-8)97-81(120)65(36-54-39-87-46-91-54)95-70(107)41-90-82(121)75(48(3)4)99-77(116)50(6)92-79(118)64(34-51-38-88-60-12-10-9-11-55(51)60)98-78(117)62(18-19-67(85)104)94-68(105)20-13-49(5)57-16-17-58-56-15-14-52-35-53(21-23-83(52,7)59(56)37-66-84(57,58)122-66)93-69(106)40-89-71(108)42-100-24-26-101(43-72(109)110)28-30-103(45-74(113)114)31-29-102(27-25-100)44-73(111)112/h9-12,38-39,46-50,52-53,56-59,61-66,75,88H,13-37,40-45H2,1-8H3,(H2,85,104)(H2,86,115)(H,87,91)(H,89,108)(H,90,121)(H,92,118)(H,93,106)(H,94,105)(H,95,107)(H,96,119)(H,97,120)(H,98,117)(H,99,116)(H,109,110)(H,111,112)(H,113,114)/t49-,50+,52-,53+,56?,57-,58?,59?,61+,62+,63+,64+,65+,66+,75+,83+,84+/m1/s1. The summed E-state index contributed by atoms with van der Waals surface area (Å²) in [4.78, 5) is 217. The first-order chi connectivity index (χ1) is 58.4. The van der Waals surface area contributed by atoms with E-state index < -0.39 is 138 Å². The Balaban J connectivity index is 0.757. The van der Waals surface area contributed by atoms with Crippen molar-refractivity contribution in [3.8, 4) is 0 Å². The summed E-state index contributed by atoms with van der Waals surface area (Å²) in [6.45, 7) is 12.9. The largest absolute Gasteiger partial charge is 0.480 e. The Hall–Kier alpha value is -9.83. The van der Waals surface area contributed by atoms with Gasteiger partial charge >= 0.3 is 17.9 Å². The SMILES string of the molecule is CSCC[C@H](NC(=O)[C@H](CC(C)C)NC(=O)[C@H](Cc1cnc[nH]1)NC(=O)CNC(=O)[C@@H](NC(=O)[C@H](C)NC(=O)[C@H](Cc1c[nH]c2ccccc12)NC(=O)[C@H](CCC(N)=O)NC(=O)CC[C@@H](C)[C@H]1CCC2C3CC[C@@H]4C[C@@H](NC(=O)CNC(=O)CN5CCN(CC(=O)O)CCN(CC(=O)O)CCN(CC(=O)O)CC5)CC[C@]4(C)C3C[C@@H]3O[C@@]231)C(C)C)C(N)=O. The van der Waals surface area contributed by atoms with Gasteiger partial charge in [-0.05, 0) is 160 Å². The molecule has 1 aromatic carbocycles. The molecule has 0 radical (unpaired) electrons. The van der Waals surface area contributed by atoms with E-state index >= 15 is 0 Å². The molecule has 38 nitrogen and oxygen atoms in total. The average molecular weight is 1740 g/mol. The van der Waals surface area contributed by atoms with Crippen LogP contribution in [0.15, 0.2) is 43.0 Å². The number of aromatic amines is 2. The molecule has 6 fully saturated rings. The molecule has 39 heteroatoms. The maximum absolute atomic E-state index is 14.7. The number of hydrogen-bond acceptors (Lipinski definition) is 22. The van der Waals surface area contributed by atoms with Crippen LogP contribution in [0, 0.1) is 52.8 Å². The number of nitrogens with one attached hydrogen (secondary N) is 12. The van der Waals surface area contributed by atoms with Crippen molar-refractivity contribution in [1.29, 1.82) is 0 Å². The number of carboxylic acid groups (broad SMARTS) is 3. The number of H-pyrrole nitrogens is 2. The summed E-state index contributed by atoms with van der Waals surface area (Å²) in [7, 11) is 0. The summed E-state index contributed by atoms with van der Waals surface area (Å²) in [5.74, 6) is -9.62. The van der Waals surface area contributed by atoms with Crippen molar-refractivity contribution in [2.75, 3.05) is 104 Å². The first-order valence-corrected chi connectivity index (χ1v) is 44.6. The number of fused-ring (bicyclic) bond motifs is 5. The highest BCUT2D eigenvalue weighted by Gasteiger charge is 2.75. The van der Waals surface area contributed by atoms with Crippen LogP contribution in [0.4, 0.5) is 0 Å². The number of aliphatic carboxylic acids is 3. The number of nitrogens with two attached hydrogens (primary N) is 2. The smallest absolute Gasteiger partial charge is 0.317 e. The summed E-state index contributed by atoms with van der Waals surface area (Å²) in [5.41, 5.74) is 12.8. The molecule has 9 rings (SSSR count). The number of thioether (sulfide) groups is 1. The Morgan fingerprint density at radius 1 is 0.577 bits per heavy atom. The number of carboxylic acids is 3. The highest BCUT2D eigenvalue weighted by atomic mass is 32.2. The van der Waals surface area contributed by atoms with Crippen molar-refractivity contribution >= 4 is 111 Å². The lowest BCUT2D eigenvalue weighted by atomic mass is 9.46. The van der Waals surface area contributed by atoms with E-state index in [2.05, 4.69) is 82.0 Å². The molecule has 3 unspecified atom stereocenters. The quantitative estimate of drug-likeness (QED) is 0.0311. The molecule has 0 bridgehead atoms. The van der Waals surface area contributed by atoms with Crippen LogP contribution in [-0.2, 0) is 89.5 Å². The van der Waals surface area contributed by atoms with Crippen molar-refractivity contribution in [3.63, 3.8) is 0 Å². The molecule has 17 atom stereocenters. The number of hydrogen-bond donors (Lipinski definition) is 17. The van der Waals surface area contributed by atoms with E-state index in [0.717, 1.165) is 62.3 Å². The van der Waals surface area contributed by atoms with E-state index in [1.807, 2.05) is 44.4 Å². The highest BCUT2D eigenvalue weighted by Crippen LogP contribution is 2.72. The molecule has 12 amide bonds. The van der Waals surface area contributed by atoms with Crippen LogP contribution >= 0.6 is 11.8 Å².